The van der Waals surface area contributed by atoms with Crippen molar-refractivity contribution in [2.45, 2.75) is 11.9 Å². The zero-order valence-electron chi connectivity index (χ0n) is 7.28. The van der Waals surface area contributed by atoms with Crippen LogP contribution in [0, 0.1) is 6.92 Å². The quantitative estimate of drug-likeness (QED) is 0.682. The van der Waals surface area contributed by atoms with E-state index in [-0.39, 0.29) is 0 Å². The lowest BCUT2D eigenvalue weighted by Gasteiger charge is -1.92. The summed E-state index contributed by atoms with van der Waals surface area (Å²) in [5.74, 6) is 0. The van der Waals surface area contributed by atoms with Crippen LogP contribution in [0.4, 0.5) is 0 Å². The van der Waals surface area contributed by atoms with Crippen LogP contribution in [0.3, 0.4) is 0 Å². The second-order valence-corrected chi connectivity index (χ2v) is 3.83. The number of thioether (sulfide) groups is 1. The maximum Gasteiger partial charge on any atom is 0.175 e. The van der Waals surface area contributed by atoms with Crippen molar-refractivity contribution in [3.63, 3.8) is 0 Å². The van der Waals surface area contributed by atoms with Gasteiger partial charge in [0.2, 0.25) is 0 Å². The highest BCUT2D eigenvalue weighted by atomic mass is 35.5. The predicted octanol–water partition coefficient (Wildman–Crippen LogP) is 2.41. The molecule has 0 unspecified atom stereocenters. The van der Waals surface area contributed by atoms with Crippen LogP contribution in [0.25, 0.3) is 5.65 Å². The van der Waals surface area contributed by atoms with Crippen molar-refractivity contribution in [1.82, 2.24) is 14.6 Å². The third-order valence-corrected chi connectivity index (χ3v) is 2.86. The van der Waals surface area contributed by atoms with Crippen molar-refractivity contribution in [2.75, 3.05) is 6.26 Å². The van der Waals surface area contributed by atoms with Crippen LogP contribution < -0.4 is 0 Å². The number of aromatic nitrogens is 3. The SMILES string of the molecule is CSc1nn2ccc(C)nc2c1Cl. The summed E-state index contributed by atoms with van der Waals surface area (Å²) in [5.41, 5.74) is 1.67. The van der Waals surface area contributed by atoms with Gasteiger partial charge >= 0.3 is 0 Å². The fourth-order valence-corrected chi connectivity index (χ4v) is 1.94. The minimum absolute atomic E-state index is 0.635. The number of fused-ring (bicyclic) bond motifs is 1. The summed E-state index contributed by atoms with van der Waals surface area (Å²) in [5, 5.41) is 5.71. The molecule has 0 spiro atoms. The molecule has 3 nitrogen and oxygen atoms in total. The molecule has 0 aliphatic rings. The Labute approximate surface area is 85.1 Å². The Hall–Kier alpha value is -0.740. The number of rotatable bonds is 1. The number of hydrogen-bond donors (Lipinski definition) is 0. The molecule has 0 amide bonds. The van der Waals surface area contributed by atoms with E-state index in [1.807, 2.05) is 25.4 Å². The summed E-state index contributed by atoms with van der Waals surface area (Å²) >= 11 is 7.59. The molecule has 2 heterocycles. The number of hydrogen-bond acceptors (Lipinski definition) is 3. The first-order valence-electron chi connectivity index (χ1n) is 3.78. The van der Waals surface area contributed by atoms with E-state index in [0.29, 0.717) is 5.02 Å². The summed E-state index contributed by atoms with van der Waals surface area (Å²) in [7, 11) is 0. The summed E-state index contributed by atoms with van der Waals surface area (Å²) in [6.45, 7) is 1.93. The summed E-state index contributed by atoms with van der Waals surface area (Å²) in [6, 6.07) is 1.90. The van der Waals surface area contributed by atoms with E-state index in [9.17, 15) is 0 Å². The van der Waals surface area contributed by atoms with Crippen LogP contribution in [0.15, 0.2) is 17.3 Å². The van der Waals surface area contributed by atoms with Crippen molar-refractivity contribution in [1.29, 1.82) is 0 Å². The van der Waals surface area contributed by atoms with E-state index in [0.717, 1.165) is 16.4 Å². The monoisotopic (exact) mass is 213 g/mol. The molecule has 0 saturated heterocycles. The third kappa shape index (κ3) is 1.40. The molecular formula is C8H8ClN3S. The lowest BCUT2D eigenvalue weighted by Crippen LogP contribution is -1.90. The van der Waals surface area contributed by atoms with Crippen molar-refractivity contribution < 1.29 is 0 Å². The molecule has 68 valence electrons. The maximum atomic E-state index is 6.06. The van der Waals surface area contributed by atoms with Crippen LogP contribution in [0.2, 0.25) is 5.02 Å². The molecule has 0 aromatic carbocycles. The number of halogens is 1. The molecule has 0 aliphatic carbocycles. The molecule has 0 radical (unpaired) electrons. The summed E-state index contributed by atoms with van der Waals surface area (Å²) in [4.78, 5) is 4.30. The second kappa shape index (κ2) is 3.20. The first-order valence-corrected chi connectivity index (χ1v) is 5.38. The van der Waals surface area contributed by atoms with Gasteiger partial charge in [0.1, 0.15) is 10.0 Å². The molecule has 5 heteroatoms. The van der Waals surface area contributed by atoms with Crippen LogP contribution in [-0.2, 0) is 0 Å². The standard InChI is InChI=1S/C8H8ClN3S/c1-5-3-4-12-7(10-5)6(9)8(11-12)13-2/h3-4H,1-2H3. The highest BCUT2D eigenvalue weighted by Gasteiger charge is 2.10. The van der Waals surface area contributed by atoms with Crippen molar-refractivity contribution >= 4 is 29.0 Å². The minimum Gasteiger partial charge on any atom is -0.232 e. The molecule has 0 bridgehead atoms. The van der Waals surface area contributed by atoms with Crippen LogP contribution >= 0.6 is 23.4 Å². The van der Waals surface area contributed by atoms with Gasteiger partial charge in [-0.25, -0.2) is 9.50 Å². The molecule has 0 atom stereocenters. The molecular weight excluding hydrogens is 206 g/mol. The lowest BCUT2D eigenvalue weighted by atomic mass is 10.4. The molecule has 13 heavy (non-hydrogen) atoms. The van der Waals surface area contributed by atoms with Crippen molar-refractivity contribution in [3.05, 3.63) is 23.0 Å². The largest absolute Gasteiger partial charge is 0.232 e. The molecule has 2 aromatic heterocycles. The van der Waals surface area contributed by atoms with Gasteiger partial charge in [0.25, 0.3) is 0 Å². The zero-order valence-corrected chi connectivity index (χ0v) is 8.85. The van der Waals surface area contributed by atoms with Gasteiger partial charge in [-0.1, -0.05) is 11.6 Å². The van der Waals surface area contributed by atoms with Gasteiger partial charge in [-0.05, 0) is 19.2 Å². The zero-order chi connectivity index (χ0) is 9.42. The topological polar surface area (TPSA) is 30.2 Å². The summed E-state index contributed by atoms with van der Waals surface area (Å²) in [6.07, 6.45) is 3.81. The van der Waals surface area contributed by atoms with E-state index < -0.39 is 0 Å². The van der Waals surface area contributed by atoms with Gasteiger partial charge in [0.15, 0.2) is 5.65 Å². The molecule has 0 aliphatic heterocycles. The van der Waals surface area contributed by atoms with Gasteiger partial charge < -0.3 is 0 Å². The second-order valence-electron chi connectivity index (χ2n) is 2.66. The average Bonchev–Trinajstić information content (AvgIpc) is 2.44. The van der Waals surface area contributed by atoms with Gasteiger partial charge in [0, 0.05) is 11.9 Å². The lowest BCUT2D eigenvalue weighted by molar-refractivity contribution is 0.883. The first-order chi connectivity index (χ1) is 6.22. The Kier molecular flexibility index (Phi) is 2.17. The van der Waals surface area contributed by atoms with Crippen LogP contribution in [-0.4, -0.2) is 20.9 Å². The van der Waals surface area contributed by atoms with Gasteiger partial charge in [-0.15, -0.1) is 11.8 Å². The minimum atomic E-state index is 0.635. The predicted molar refractivity (Wildman–Crippen MR) is 54.5 cm³/mol. The van der Waals surface area contributed by atoms with Crippen molar-refractivity contribution in [2.24, 2.45) is 0 Å². The smallest absolute Gasteiger partial charge is 0.175 e. The fourth-order valence-electron chi connectivity index (χ4n) is 1.10. The van der Waals surface area contributed by atoms with Gasteiger partial charge in [-0.3, -0.25) is 0 Å². The van der Waals surface area contributed by atoms with E-state index >= 15 is 0 Å². The Morgan fingerprint density at radius 1 is 1.54 bits per heavy atom. The average molecular weight is 214 g/mol. The van der Waals surface area contributed by atoms with E-state index in [1.165, 1.54) is 11.8 Å². The summed E-state index contributed by atoms with van der Waals surface area (Å²) < 4.78 is 1.70. The van der Waals surface area contributed by atoms with E-state index in [2.05, 4.69) is 10.1 Å². The Morgan fingerprint density at radius 2 is 2.31 bits per heavy atom. The fraction of sp³-hybridized carbons (Fsp3) is 0.250. The highest BCUT2D eigenvalue weighted by Crippen LogP contribution is 2.26. The highest BCUT2D eigenvalue weighted by molar-refractivity contribution is 7.98. The Morgan fingerprint density at radius 3 is 3.00 bits per heavy atom. The molecule has 0 N–H and O–H groups in total. The van der Waals surface area contributed by atoms with Crippen LogP contribution in [0.1, 0.15) is 5.69 Å². The van der Waals surface area contributed by atoms with Gasteiger partial charge in [0.05, 0.1) is 0 Å². The molecule has 2 aromatic rings. The normalized spacial score (nSPS) is 11.0. The molecule has 2 rings (SSSR count). The van der Waals surface area contributed by atoms with Gasteiger partial charge in [-0.2, -0.15) is 5.10 Å². The number of nitrogens with zero attached hydrogens (tertiary/aromatic N) is 3. The third-order valence-electron chi connectivity index (χ3n) is 1.73. The Balaban J connectivity index is 2.77. The Bertz CT molecular complexity index is 452. The van der Waals surface area contributed by atoms with E-state index in [1.54, 1.807) is 4.52 Å². The van der Waals surface area contributed by atoms with E-state index in [4.69, 9.17) is 11.6 Å². The van der Waals surface area contributed by atoms with Crippen LogP contribution in [0.5, 0.6) is 0 Å². The number of aryl methyl sites for hydroxylation is 1. The molecule has 0 saturated carbocycles. The van der Waals surface area contributed by atoms with Crippen molar-refractivity contribution in [3.8, 4) is 0 Å². The first kappa shape index (κ1) is 8.84. The molecule has 0 fully saturated rings. The maximum absolute atomic E-state index is 6.06.